The van der Waals surface area contributed by atoms with Crippen molar-refractivity contribution in [2.45, 2.75) is 49.3 Å². The molecule has 5 aromatic rings. The molecule has 1 N–H and O–H groups in total. The standard InChI is InChI=1S/C42H43Cl2N5O4S/c1-4-33-31(24-45)21-29-7-5-6-8-35(29)40(33)42(51)49(26-38(50)41-46-16-17-47-41)25-30(28-9-12-36(43)37(44)22-28)15-20-48-18-13-27(14-19-48)34-11-10-32(53-2)23-39(34)54(3)52/h5-12,16-17,21-23,27,30H,4,13-15,18-20,25-26H2,1-3H3,(H,46,47)/t30-,54+/m1/s1. The van der Waals surface area contributed by atoms with Gasteiger partial charge in [0.1, 0.15) is 5.75 Å². The monoisotopic (exact) mass is 783 g/mol. The number of carbonyl (C=O) groups excluding carboxylic acids is 2. The number of benzene rings is 4. The van der Waals surface area contributed by atoms with Crippen molar-refractivity contribution >= 4 is 56.5 Å². The first kappa shape index (κ1) is 39.2. The number of aromatic nitrogens is 2. The van der Waals surface area contributed by atoms with Crippen molar-refractivity contribution in [3.8, 4) is 11.8 Å². The number of rotatable bonds is 14. The Hall–Kier alpha value is -4.53. The molecule has 6 rings (SSSR count). The van der Waals surface area contributed by atoms with E-state index in [-0.39, 0.29) is 42.4 Å². The first-order chi connectivity index (χ1) is 26.1. The molecule has 1 fully saturated rings. The van der Waals surface area contributed by atoms with E-state index in [1.165, 1.54) is 6.20 Å². The number of piperidine rings is 1. The summed E-state index contributed by atoms with van der Waals surface area (Å²) in [5.41, 5.74) is 3.54. The quantitative estimate of drug-likeness (QED) is 0.112. The Labute approximate surface area is 328 Å². The summed E-state index contributed by atoms with van der Waals surface area (Å²) in [6.07, 6.45) is 7.77. The first-order valence-corrected chi connectivity index (χ1v) is 20.4. The number of likely N-dealkylation sites (tertiary alicyclic amines) is 1. The molecule has 1 aliphatic heterocycles. The van der Waals surface area contributed by atoms with Crippen LogP contribution in [0.4, 0.5) is 0 Å². The van der Waals surface area contributed by atoms with E-state index >= 15 is 0 Å². The molecule has 12 heteroatoms. The lowest BCUT2D eigenvalue weighted by Crippen LogP contribution is -2.41. The summed E-state index contributed by atoms with van der Waals surface area (Å²) in [5, 5.41) is 12.5. The van der Waals surface area contributed by atoms with Gasteiger partial charge in [0.2, 0.25) is 5.78 Å². The lowest BCUT2D eigenvalue weighted by molar-refractivity contribution is 0.0692. The van der Waals surface area contributed by atoms with Gasteiger partial charge in [-0.05, 0) is 109 Å². The fraction of sp³-hybridized carbons (Fsp3) is 0.333. The van der Waals surface area contributed by atoms with E-state index in [0.29, 0.717) is 45.3 Å². The van der Waals surface area contributed by atoms with Crippen LogP contribution in [-0.2, 0) is 17.2 Å². The molecule has 0 spiro atoms. The molecule has 1 amide bonds. The number of carbonyl (C=O) groups is 2. The zero-order valence-corrected chi connectivity index (χ0v) is 32.9. The van der Waals surface area contributed by atoms with Gasteiger partial charge in [0.25, 0.3) is 5.91 Å². The van der Waals surface area contributed by atoms with Crippen LogP contribution in [0.3, 0.4) is 0 Å². The summed E-state index contributed by atoms with van der Waals surface area (Å²) in [6, 6.07) is 23.1. The summed E-state index contributed by atoms with van der Waals surface area (Å²) in [6.45, 7) is 4.38. The molecular formula is C42H43Cl2N5O4S. The van der Waals surface area contributed by atoms with E-state index in [1.807, 2.05) is 67.6 Å². The number of nitriles is 1. The third kappa shape index (κ3) is 8.71. The minimum absolute atomic E-state index is 0.167. The Balaban J connectivity index is 1.30. The number of ether oxygens (including phenoxy) is 1. The maximum absolute atomic E-state index is 14.9. The molecule has 1 aromatic heterocycles. The lowest BCUT2D eigenvalue weighted by atomic mass is 9.88. The number of fused-ring (bicyclic) bond motifs is 1. The molecule has 0 radical (unpaired) electrons. The zero-order valence-electron chi connectivity index (χ0n) is 30.6. The highest BCUT2D eigenvalue weighted by Crippen LogP contribution is 2.36. The Bertz CT molecular complexity index is 2210. The highest BCUT2D eigenvalue weighted by molar-refractivity contribution is 7.84. The number of ketones is 1. The van der Waals surface area contributed by atoms with E-state index in [2.05, 4.69) is 20.9 Å². The molecule has 0 unspecified atom stereocenters. The van der Waals surface area contributed by atoms with Crippen molar-refractivity contribution in [1.29, 1.82) is 5.26 Å². The van der Waals surface area contributed by atoms with Crippen LogP contribution in [0.1, 0.15) is 81.3 Å². The molecule has 1 saturated heterocycles. The molecule has 54 heavy (non-hydrogen) atoms. The Morgan fingerprint density at radius 2 is 1.87 bits per heavy atom. The number of hydrogen-bond acceptors (Lipinski definition) is 7. The van der Waals surface area contributed by atoms with Crippen LogP contribution in [0, 0.1) is 11.3 Å². The fourth-order valence-electron chi connectivity index (χ4n) is 7.57. The number of hydrogen-bond donors (Lipinski definition) is 1. The molecule has 0 aliphatic carbocycles. The average molecular weight is 785 g/mol. The second kappa shape index (κ2) is 17.7. The summed E-state index contributed by atoms with van der Waals surface area (Å²) >= 11 is 12.9. The molecule has 0 bridgehead atoms. The normalized spacial score (nSPS) is 14.7. The van der Waals surface area contributed by atoms with Crippen molar-refractivity contribution in [3.05, 3.63) is 123 Å². The Morgan fingerprint density at radius 3 is 2.54 bits per heavy atom. The number of nitrogens with one attached hydrogen (secondary N) is 1. The number of Topliss-reactive ketones (excluding diaryl/α,β-unsaturated/α-hetero) is 1. The van der Waals surface area contributed by atoms with E-state index < -0.39 is 10.8 Å². The van der Waals surface area contributed by atoms with E-state index in [4.69, 9.17) is 27.9 Å². The summed E-state index contributed by atoms with van der Waals surface area (Å²) in [7, 11) is 0.475. The highest BCUT2D eigenvalue weighted by atomic mass is 35.5. The van der Waals surface area contributed by atoms with Gasteiger partial charge in [-0.3, -0.25) is 13.8 Å². The predicted molar refractivity (Wildman–Crippen MR) is 214 cm³/mol. The number of amides is 1. The van der Waals surface area contributed by atoms with Gasteiger partial charge in [-0.15, -0.1) is 0 Å². The zero-order chi connectivity index (χ0) is 38.4. The topological polar surface area (TPSA) is 119 Å². The molecule has 2 heterocycles. The average Bonchev–Trinajstić information content (AvgIpc) is 3.74. The van der Waals surface area contributed by atoms with Gasteiger partial charge in [0.05, 0.1) is 51.7 Å². The Kier molecular flexibility index (Phi) is 12.9. The van der Waals surface area contributed by atoms with Gasteiger partial charge < -0.3 is 19.5 Å². The fourth-order valence-corrected chi connectivity index (χ4v) is 8.73. The number of imidazole rings is 1. The van der Waals surface area contributed by atoms with Crippen molar-refractivity contribution in [3.63, 3.8) is 0 Å². The Morgan fingerprint density at radius 1 is 1.09 bits per heavy atom. The van der Waals surface area contributed by atoms with E-state index in [1.54, 1.807) is 30.5 Å². The van der Waals surface area contributed by atoms with Gasteiger partial charge in [-0.2, -0.15) is 5.26 Å². The van der Waals surface area contributed by atoms with Crippen molar-refractivity contribution < 1.29 is 18.5 Å². The molecule has 280 valence electrons. The van der Waals surface area contributed by atoms with E-state index in [9.17, 15) is 19.1 Å². The third-order valence-corrected chi connectivity index (χ3v) is 12.1. The van der Waals surface area contributed by atoms with Crippen LogP contribution in [0.2, 0.25) is 10.0 Å². The minimum Gasteiger partial charge on any atom is -0.497 e. The van der Waals surface area contributed by atoms with Crippen LogP contribution >= 0.6 is 23.2 Å². The second-order valence-electron chi connectivity index (χ2n) is 13.6. The maximum atomic E-state index is 14.9. The van der Waals surface area contributed by atoms with Crippen molar-refractivity contribution in [2.75, 3.05) is 46.1 Å². The van der Waals surface area contributed by atoms with Crippen molar-refractivity contribution in [1.82, 2.24) is 19.8 Å². The highest BCUT2D eigenvalue weighted by Gasteiger charge is 2.30. The summed E-state index contributed by atoms with van der Waals surface area (Å²) < 4.78 is 18.0. The minimum atomic E-state index is -1.14. The molecular weight excluding hydrogens is 741 g/mol. The van der Waals surface area contributed by atoms with Crippen molar-refractivity contribution in [2.24, 2.45) is 0 Å². The molecule has 2 atom stereocenters. The van der Waals surface area contributed by atoms with Gasteiger partial charge in [0.15, 0.2) is 5.82 Å². The molecule has 1 aliphatic rings. The second-order valence-corrected chi connectivity index (χ2v) is 15.8. The number of H-pyrrole nitrogens is 1. The van der Waals surface area contributed by atoms with Gasteiger partial charge in [-0.25, -0.2) is 4.98 Å². The van der Waals surface area contributed by atoms with Gasteiger partial charge in [-0.1, -0.05) is 66.5 Å². The van der Waals surface area contributed by atoms with Crippen LogP contribution in [-0.4, -0.2) is 81.8 Å². The SMILES string of the molecule is CCc1c(C#N)cc2ccccc2c1C(=O)N(CC(=O)c1ncc[nH]1)C[C@@H](CCN1CCC(c2ccc(OC)cc2[S@](C)=O)CC1)c1ccc(Cl)c(Cl)c1. The maximum Gasteiger partial charge on any atom is 0.255 e. The van der Waals surface area contributed by atoms with E-state index in [0.717, 1.165) is 59.3 Å². The number of aromatic amines is 1. The summed E-state index contributed by atoms with van der Waals surface area (Å²) in [4.78, 5) is 40.5. The van der Waals surface area contributed by atoms with Gasteiger partial charge in [0, 0.05) is 36.0 Å². The predicted octanol–water partition coefficient (Wildman–Crippen LogP) is 8.43. The van der Waals surface area contributed by atoms with Crippen LogP contribution in [0.15, 0.2) is 84.0 Å². The van der Waals surface area contributed by atoms with Gasteiger partial charge >= 0.3 is 0 Å². The lowest BCUT2D eigenvalue weighted by Gasteiger charge is -2.35. The molecule has 9 nitrogen and oxygen atoms in total. The molecule has 4 aromatic carbocycles. The van der Waals surface area contributed by atoms with Crippen LogP contribution < -0.4 is 4.74 Å². The van der Waals surface area contributed by atoms with Crippen LogP contribution in [0.25, 0.3) is 10.8 Å². The number of halogens is 2. The van der Waals surface area contributed by atoms with Crippen LogP contribution in [0.5, 0.6) is 5.75 Å². The first-order valence-electron chi connectivity index (χ1n) is 18.1. The summed E-state index contributed by atoms with van der Waals surface area (Å²) in [5.74, 6) is 0.286. The number of nitrogens with zero attached hydrogens (tertiary/aromatic N) is 4. The number of methoxy groups -OCH3 is 1. The smallest absolute Gasteiger partial charge is 0.255 e. The third-order valence-electron chi connectivity index (χ3n) is 10.4. The largest absolute Gasteiger partial charge is 0.497 e. The molecule has 0 saturated carbocycles.